The molecule has 16 heavy (non-hydrogen) atoms. The van der Waals surface area contributed by atoms with Crippen LogP contribution in [0.25, 0.3) is 0 Å². The van der Waals surface area contributed by atoms with Crippen molar-refractivity contribution in [1.82, 2.24) is 10.2 Å². The largest absolute Gasteiger partial charge is 0.385 e. The summed E-state index contributed by atoms with van der Waals surface area (Å²) >= 11 is 0. The van der Waals surface area contributed by atoms with Crippen molar-refractivity contribution in [2.45, 2.75) is 45.1 Å². The van der Waals surface area contributed by atoms with Crippen LogP contribution in [0.1, 0.15) is 39.0 Å². The molecule has 0 bridgehead atoms. The lowest BCUT2D eigenvalue weighted by atomic mass is 10.1. The first-order valence-electron chi connectivity index (χ1n) is 6.81. The lowest BCUT2D eigenvalue weighted by molar-refractivity contribution is 0.177. The average Bonchev–Trinajstić information content (AvgIpc) is 2.30. The molecule has 1 saturated heterocycles. The van der Waals surface area contributed by atoms with Gasteiger partial charge >= 0.3 is 0 Å². The number of unbranched alkanes of at least 4 members (excludes halogenated alkanes) is 2. The van der Waals surface area contributed by atoms with Crippen molar-refractivity contribution in [3.05, 3.63) is 0 Å². The van der Waals surface area contributed by atoms with Crippen LogP contribution >= 0.6 is 0 Å². The fraction of sp³-hybridized carbons (Fsp3) is 1.00. The second kappa shape index (κ2) is 8.97. The molecule has 1 aliphatic heterocycles. The topological polar surface area (TPSA) is 24.5 Å². The fourth-order valence-corrected chi connectivity index (χ4v) is 2.40. The van der Waals surface area contributed by atoms with Crippen LogP contribution in [0.2, 0.25) is 0 Å². The summed E-state index contributed by atoms with van der Waals surface area (Å²) in [4.78, 5) is 2.61. The highest BCUT2D eigenvalue weighted by Crippen LogP contribution is 2.07. The molecule has 3 nitrogen and oxygen atoms in total. The zero-order valence-corrected chi connectivity index (χ0v) is 11.0. The molecule has 1 heterocycles. The molecular formula is C13H28N2O. The second-order valence-electron chi connectivity index (χ2n) is 4.79. The van der Waals surface area contributed by atoms with Crippen LogP contribution in [-0.2, 0) is 4.74 Å². The van der Waals surface area contributed by atoms with Crippen molar-refractivity contribution in [2.75, 3.05) is 39.9 Å². The van der Waals surface area contributed by atoms with Gasteiger partial charge in [-0.05, 0) is 32.2 Å². The van der Waals surface area contributed by atoms with Gasteiger partial charge in [-0.2, -0.15) is 0 Å². The van der Waals surface area contributed by atoms with Gasteiger partial charge in [0.15, 0.2) is 0 Å². The Morgan fingerprint density at radius 1 is 1.31 bits per heavy atom. The van der Waals surface area contributed by atoms with Crippen LogP contribution in [0.15, 0.2) is 0 Å². The first-order chi connectivity index (χ1) is 7.86. The quantitative estimate of drug-likeness (QED) is 0.642. The summed E-state index contributed by atoms with van der Waals surface area (Å²) in [5.74, 6) is 0. The maximum absolute atomic E-state index is 5.06. The number of ether oxygens (including phenoxy) is 1. The fourth-order valence-electron chi connectivity index (χ4n) is 2.40. The molecule has 1 atom stereocenters. The molecule has 0 aliphatic carbocycles. The van der Waals surface area contributed by atoms with Crippen LogP contribution in [0.5, 0.6) is 0 Å². The van der Waals surface area contributed by atoms with E-state index in [-0.39, 0.29) is 0 Å². The van der Waals surface area contributed by atoms with Gasteiger partial charge in [0.1, 0.15) is 0 Å². The minimum Gasteiger partial charge on any atom is -0.385 e. The summed E-state index contributed by atoms with van der Waals surface area (Å²) in [6.45, 7) is 8.10. The minimum absolute atomic E-state index is 0.734. The van der Waals surface area contributed by atoms with E-state index >= 15 is 0 Å². The number of methoxy groups -OCH3 is 1. The summed E-state index contributed by atoms with van der Waals surface area (Å²) in [5, 5.41) is 3.60. The lowest BCUT2D eigenvalue weighted by Gasteiger charge is -2.33. The van der Waals surface area contributed by atoms with Gasteiger partial charge in [0.25, 0.3) is 0 Å². The van der Waals surface area contributed by atoms with Gasteiger partial charge in [0, 0.05) is 39.4 Å². The van der Waals surface area contributed by atoms with Gasteiger partial charge in [0.2, 0.25) is 0 Å². The number of nitrogens with zero attached hydrogens (tertiary/aromatic N) is 1. The van der Waals surface area contributed by atoms with Crippen molar-refractivity contribution >= 4 is 0 Å². The zero-order chi connectivity index (χ0) is 11.6. The van der Waals surface area contributed by atoms with E-state index in [0.717, 1.165) is 12.6 Å². The number of nitrogens with one attached hydrogen (secondary N) is 1. The molecule has 0 aromatic rings. The Morgan fingerprint density at radius 3 is 2.94 bits per heavy atom. The molecule has 1 N–H and O–H groups in total. The Balaban J connectivity index is 2.02. The molecule has 0 saturated carbocycles. The Kier molecular flexibility index (Phi) is 7.81. The van der Waals surface area contributed by atoms with Crippen molar-refractivity contribution in [3.8, 4) is 0 Å². The summed E-state index contributed by atoms with van der Waals surface area (Å²) < 4.78 is 5.06. The number of piperazine rings is 1. The first-order valence-corrected chi connectivity index (χ1v) is 6.81. The third-order valence-corrected chi connectivity index (χ3v) is 3.30. The van der Waals surface area contributed by atoms with Gasteiger partial charge in [-0.3, -0.25) is 0 Å². The Labute approximate surface area is 101 Å². The van der Waals surface area contributed by atoms with E-state index in [1.807, 2.05) is 0 Å². The summed E-state index contributed by atoms with van der Waals surface area (Å²) in [5.41, 5.74) is 0. The number of hydrogen-bond donors (Lipinski definition) is 1. The molecule has 1 rings (SSSR count). The second-order valence-corrected chi connectivity index (χ2v) is 4.79. The Bertz CT molecular complexity index is 162. The highest BCUT2D eigenvalue weighted by molar-refractivity contribution is 4.77. The number of rotatable bonds is 8. The number of hydrogen-bond acceptors (Lipinski definition) is 3. The van der Waals surface area contributed by atoms with Crippen molar-refractivity contribution in [3.63, 3.8) is 0 Å². The van der Waals surface area contributed by atoms with Crippen LogP contribution in [0.4, 0.5) is 0 Å². The minimum atomic E-state index is 0.734. The zero-order valence-electron chi connectivity index (χ0n) is 11.0. The normalized spacial score (nSPS) is 22.5. The lowest BCUT2D eigenvalue weighted by Crippen LogP contribution is -2.50. The maximum Gasteiger partial charge on any atom is 0.0462 e. The standard InChI is InChI=1S/C13H28N2O/c1-3-7-13-12-15(10-8-14-13)9-5-4-6-11-16-2/h13-14H,3-12H2,1-2H3. The highest BCUT2D eigenvalue weighted by atomic mass is 16.5. The molecule has 0 aromatic heterocycles. The van der Waals surface area contributed by atoms with Gasteiger partial charge in [0.05, 0.1) is 0 Å². The van der Waals surface area contributed by atoms with Gasteiger partial charge in [-0.1, -0.05) is 13.3 Å². The first kappa shape index (κ1) is 13.9. The van der Waals surface area contributed by atoms with Crippen molar-refractivity contribution < 1.29 is 4.74 Å². The van der Waals surface area contributed by atoms with Gasteiger partial charge in [-0.25, -0.2) is 0 Å². The molecule has 1 unspecified atom stereocenters. The van der Waals surface area contributed by atoms with E-state index in [1.54, 1.807) is 7.11 Å². The van der Waals surface area contributed by atoms with E-state index < -0.39 is 0 Å². The summed E-state index contributed by atoms with van der Waals surface area (Å²) in [7, 11) is 1.78. The summed E-state index contributed by atoms with van der Waals surface area (Å²) in [6.07, 6.45) is 6.44. The van der Waals surface area contributed by atoms with E-state index in [9.17, 15) is 0 Å². The molecule has 1 fully saturated rings. The monoisotopic (exact) mass is 228 g/mol. The molecule has 1 aliphatic rings. The third kappa shape index (κ3) is 5.83. The van der Waals surface area contributed by atoms with Crippen molar-refractivity contribution in [1.29, 1.82) is 0 Å². The summed E-state index contributed by atoms with van der Waals surface area (Å²) in [6, 6.07) is 0.734. The molecular weight excluding hydrogens is 200 g/mol. The van der Waals surface area contributed by atoms with E-state index in [2.05, 4.69) is 17.1 Å². The van der Waals surface area contributed by atoms with E-state index in [1.165, 1.54) is 58.3 Å². The third-order valence-electron chi connectivity index (χ3n) is 3.30. The molecule has 0 aromatic carbocycles. The molecule has 0 amide bonds. The SMILES string of the molecule is CCCC1CN(CCCCCOC)CCN1. The van der Waals surface area contributed by atoms with Gasteiger partial charge < -0.3 is 15.0 Å². The Hall–Kier alpha value is -0.120. The van der Waals surface area contributed by atoms with Crippen LogP contribution in [-0.4, -0.2) is 50.8 Å². The predicted molar refractivity (Wildman–Crippen MR) is 68.9 cm³/mol. The van der Waals surface area contributed by atoms with Crippen LogP contribution in [0.3, 0.4) is 0 Å². The maximum atomic E-state index is 5.06. The van der Waals surface area contributed by atoms with Crippen LogP contribution in [0, 0.1) is 0 Å². The smallest absolute Gasteiger partial charge is 0.0462 e. The van der Waals surface area contributed by atoms with E-state index in [0.29, 0.717) is 0 Å². The molecule has 0 spiro atoms. The molecule has 0 radical (unpaired) electrons. The highest BCUT2D eigenvalue weighted by Gasteiger charge is 2.17. The van der Waals surface area contributed by atoms with E-state index in [4.69, 9.17) is 4.74 Å². The average molecular weight is 228 g/mol. The van der Waals surface area contributed by atoms with Crippen molar-refractivity contribution in [2.24, 2.45) is 0 Å². The Morgan fingerprint density at radius 2 is 2.19 bits per heavy atom. The van der Waals surface area contributed by atoms with Crippen LogP contribution < -0.4 is 5.32 Å². The van der Waals surface area contributed by atoms with Gasteiger partial charge in [-0.15, -0.1) is 0 Å². The molecule has 3 heteroatoms. The predicted octanol–water partition coefficient (Wildman–Crippen LogP) is 1.88. The molecule has 96 valence electrons.